The fourth-order valence-electron chi connectivity index (χ4n) is 4.85. The Kier molecular flexibility index (Phi) is 8.88. The SMILES string of the molecule is CSCCC(=O)N(CCCN(C)C)CC1CCN(C2Cc3ccccc3C2)CC1. The zero-order chi connectivity index (χ0) is 20.6. The second-order valence-corrected chi connectivity index (χ2v) is 10.0. The van der Waals surface area contributed by atoms with Crippen molar-refractivity contribution in [3.63, 3.8) is 0 Å². The molecule has 0 spiro atoms. The Morgan fingerprint density at radius 3 is 2.34 bits per heavy atom. The fraction of sp³-hybridized carbons (Fsp3) is 0.708. The highest BCUT2D eigenvalue weighted by atomic mass is 32.2. The average Bonchev–Trinajstić information content (AvgIpc) is 3.15. The zero-order valence-corrected chi connectivity index (χ0v) is 19.4. The highest BCUT2D eigenvalue weighted by molar-refractivity contribution is 7.98. The summed E-state index contributed by atoms with van der Waals surface area (Å²) in [6.07, 6.45) is 8.72. The lowest BCUT2D eigenvalue weighted by molar-refractivity contribution is -0.131. The molecule has 1 fully saturated rings. The Bertz CT molecular complexity index is 618. The largest absolute Gasteiger partial charge is 0.342 e. The third-order valence-corrected chi connectivity index (χ3v) is 7.19. The van der Waals surface area contributed by atoms with Crippen LogP contribution in [0.15, 0.2) is 24.3 Å². The van der Waals surface area contributed by atoms with Crippen LogP contribution in [-0.2, 0) is 17.6 Å². The van der Waals surface area contributed by atoms with Crippen LogP contribution in [0.1, 0.15) is 36.8 Å². The maximum absolute atomic E-state index is 12.7. The van der Waals surface area contributed by atoms with E-state index in [-0.39, 0.29) is 0 Å². The lowest BCUT2D eigenvalue weighted by Gasteiger charge is -2.38. The van der Waals surface area contributed by atoms with Crippen LogP contribution in [0.2, 0.25) is 0 Å². The van der Waals surface area contributed by atoms with Crippen LogP contribution in [0.5, 0.6) is 0 Å². The van der Waals surface area contributed by atoms with Crippen LogP contribution in [0.4, 0.5) is 0 Å². The van der Waals surface area contributed by atoms with Gasteiger partial charge in [0.2, 0.25) is 5.91 Å². The molecule has 1 heterocycles. The maximum Gasteiger partial charge on any atom is 0.223 e. The maximum atomic E-state index is 12.7. The molecular formula is C24H39N3OS. The molecule has 2 aliphatic rings. The molecule has 162 valence electrons. The first kappa shape index (κ1) is 22.6. The minimum absolute atomic E-state index is 0.353. The smallest absolute Gasteiger partial charge is 0.223 e. The van der Waals surface area contributed by atoms with Crippen LogP contribution in [0, 0.1) is 5.92 Å². The summed E-state index contributed by atoms with van der Waals surface area (Å²) in [6.45, 7) is 5.29. The summed E-state index contributed by atoms with van der Waals surface area (Å²) in [4.78, 5) is 19.8. The van der Waals surface area contributed by atoms with Crippen LogP contribution < -0.4 is 0 Å². The van der Waals surface area contributed by atoms with E-state index in [0.717, 1.165) is 31.8 Å². The van der Waals surface area contributed by atoms with Gasteiger partial charge in [-0.1, -0.05) is 24.3 Å². The molecule has 1 aliphatic carbocycles. The van der Waals surface area contributed by atoms with Gasteiger partial charge < -0.3 is 9.80 Å². The first-order valence-corrected chi connectivity index (χ1v) is 12.7. The highest BCUT2D eigenvalue weighted by Crippen LogP contribution is 2.29. The molecule has 1 amide bonds. The number of benzene rings is 1. The lowest BCUT2D eigenvalue weighted by atomic mass is 9.94. The molecular weight excluding hydrogens is 378 g/mol. The van der Waals surface area contributed by atoms with E-state index in [0.29, 0.717) is 24.3 Å². The van der Waals surface area contributed by atoms with Crippen molar-refractivity contribution in [2.24, 2.45) is 5.92 Å². The standard InChI is InChI=1S/C24H39N3OS/c1-25(2)12-6-13-27(24(28)11-16-29-3)19-20-9-14-26(15-10-20)23-17-21-7-4-5-8-22(21)18-23/h4-5,7-8,20,23H,6,9-19H2,1-3H3. The summed E-state index contributed by atoms with van der Waals surface area (Å²) in [7, 11) is 4.22. The van der Waals surface area contributed by atoms with Gasteiger partial charge in [0.1, 0.15) is 0 Å². The number of hydrogen-bond donors (Lipinski definition) is 0. The molecule has 1 aromatic carbocycles. The third kappa shape index (κ3) is 6.73. The number of carbonyl (C=O) groups is 1. The number of thioether (sulfide) groups is 1. The van der Waals surface area contributed by atoms with Crippen molar-refractivity contribution in [3.8, 4) is 0 Å². The third-order valence-electron chi connectivity index (χ3n) is 6.58. The van der Waals surface area contributed by atoms with Crippen molar-refractivity contribution in [2.75, 3.05) is 58.8 Å². The molecule has 5 heteroatoms. The fourth-order valence-corrected chi connectivity index (χ4v) is 5.23. The van der Waals surface area contributed by atoms with Crippen molar-refractivity contribution in [3.05, 3.63) is 35.4 Å². The molecule has 1 aliphatic heterocycles. The van der Waals surface area contributed by atoms with Crippen molar-refractivity contribution in [1.29, 1.82) is 0 Å². The Labute approximate surface area is 182 Å². The summed E-state index contributed by atoms with van der Waals surface area (Å²) in [5.41, 5.74) is 3.09. The predicted octanol–water partition coefficient (Wildman–Crippen LogP) is 3.40. The summed E-state index contributed by atoms with van der Waals surface area (Å²) < 4.78 is 0. The minimum Gasteiger partial charge on any atom is -0.342 e. The molecule has 3 rings (SSSR count). The van der Waals surface area contributed by atoms with Crippen molar-refractivity contribution < 1.29 is 4.79 Å². The van der Waals surface area contributed by atoms with Crippen molar-refractivity contribution in [1.82, 2.24) is 14.7 Å². The number of fused-ring (bicyclic) bond motifs is 1. The van der Waals surface area contributed by atoms with E-state index in [1.54, 1.807) is 22.9 Å². The predicted molar refractivity (Wildman–Crippen MR) is 125 cm³/mol. The molecule has 0 unspecified atom stereocenters. The van der Waals surface area contributed by atoms with E-state index < -0.39 is 0 Å². The number of likely N-dealkylation sites (tertiary alicyclic amines) is 1. The summed E-state index contributed by atoms with van der Waals surface area (Å²) in [5, 5.41) is 0. The van der Waals surface area contributed by atoms with Gasteiger partial charge in [0.05, 0.1) is 0 Å². The van der Waals surface area contributed by atoms with E-state index >= 15 is 0 Å². The van der Waals surface area contributed by atoms with E-state index in [4.69, 9.17) is 0 Å². The second kappa shape index (κ2) is 11.4. The van der Waals surface area contributed by atoms with Gasteiger partial charge in [0, 0.05) is 31.3 Å². The van der Waals surface area contributed by atoms with Gasteiger partial charge in [0.15, 0.2) is 0 Å². The van der Waals surface area contributed by atoms with Crippen LogP contribution >= 0.6 is 11.8 Å². The van der Waals surface area contributed by atoms with E-state index in [2.05, 4.69) is 59.3 Å². The summed E-state index contributed by atoms with van der Waals surface area (Å²) >= 11 is 1.77. The Morgan fingerprint density at radius 1 is 1.10 bits per heavy atom. The molecule has 29 heavy (non-hydrogen) atoms. The topological polar surface area (TPSA) is 26.8 Å². The van der Waals surface area contributed by atoms with E-state index in [9.17, 15) is 4.79 Å². The molecule has 0 bridgehead atoms. The highest BCUT2D eigenvalue weighted by Gasteiger charge is 2.30. The molecule has 0 radical (unpaired) electrons. The molecule has 1 aromatic rings. The molecule has 4 nitrogen and oxygen atoms in total. The van der Waals surface area contributed by atoms with Gasteiger partial charge in [-0.25, -0.2) is 0 Å². The molecule has 0 N–H and O–H groups in total. The van der Waals surface area contributed by atoms with E-state index in [1.807, 2.05) is 0 Å². The molecule has 0 aromatic heterocycles. The second-order valence-electron chi connectivity index (χ2n) is 9.05. The number of rotatable bonds is 10. The number of piperidine rings is 1. The minimum atomic E-state index is 0.353. The first-order valence-electron chi connectivity index (χ1n) is 11.3. The Hall–Kier alpha value is -1.04. The number of hydrogen-bond acceptors (Lipinski definition) is 4. The number of nitrogens with zero attached hydrogens (tertiary/aromatic N) is 3. The Balaban J connectivity index is 1.47. The summed E-state index contributed by atoms with van der Waals surface area (Å²) in [6, 6.07) is 9.63. The average molecular weight is 418 g/mol. The van der Waals surface area contributed by atoms with Gasteiger partial charge in [-0.05, 0) is 89.1 Å². The van der Waals surface area contributed by atoms with Gasteiger partial charge in [-0.15, -0.1) is 0 Å². The van der Waals surface area contributed by atoms with E-state index in [1.165, 1.54) is 38.8 Å². The van der Waals surface area contributed by atoms with Crippen LogP contribution in [0.25, 0.3) is 0 Å². The van der Waals surface area contributed by atoms with Crippen LogP contribution in [0.3, 0.4) is 0 Å². The van der Waals surface area contributed by atoms with Crippen molar-refractivity contribution in [2.45, 2.75) is 44.6 Å². The quantitative estimate of drug-likeness (QED) is 0.583. The molecule has 1 saturated heterocycles. The molecule has 0 atom stereocenters. The normalized spacial score (nSPS) is 18.3. The zero-order valence-electron chi connectivity index (χ0n) is 18.6. The number of carbonyl (C=O) groups excluding carboxylic acids is 1. The van der Waals surface area contributed by atoms with Gasteiger partial charge in [-0.2, -0.15) is 11.8 Å². The van der Waals surface area contributed by atoms with Gasteiger partial charge in [-0.3, -0.25) is 9.69 Å². The molecule has 0 saturated carbocycles. The Morgan fingerprint density at radius 2 is 1.76 bits per heavy atom. The number of amides is 1. The van der Waals surface area contributed by atoms with Gasteiger partial charge in [0.25, 0.3) is 0 Å². The lowest BCUT2D eigenvalue weighted by Crippen LogP contribution is -2.45. The summed E-state index contributed by atoms with van der Waals surface area (Å²) in [5.74, 6) is 1.95. The van der Waals surface area contributed by atoms with Crippen molar-refractivity contribution >= 4 is 17.7 Å². The van der Waals surface area contributed by atoms with Crippen LogP contribution in [-0.4, -0.2) is 85.5 Å². The van der Waals surface area contributed by atoms with Gasteiger partial charge >= 0.3 is 0 Å². The first-order chi connectivity index (χ1) is 14.1. The monoisotopic (exact) mass is 417 g/mol.